The highest BCUT2D eigenvalue weighted by Crippen LogP contribution is 2.31. The highest BCUT2D eigenvalue weighted by molar-refractivity contribution is 5.95. The third-order valence-electron chi connectivity index (χ3n) is 5.81. The Morgan fingerprint density at radius 3 is 2.56 bits per heavy atom. The van der Waals surface area contributed by atoms with Gasteiger partial charge in [-0.15, -0.1) is 0 Å². The first kappa shape index (κ1) is 18.4. The summed E-state index contributed by atoms with van der Waals surface area (Å²) < 4.78 is 2.02. The van der Waals surface area contributed by atoms with Crippen molar-refractivity contribution in [3.63, 3.8) is 0 Å². The highest BCUT2D eigenvalue weighted by atomic mass is 15.2. The molecule has 0 radical (unpaired) electrons. The van der Waals surface area contributed by atoms with E-state index in [1.807, 2.05) is 49.0 Å². The van der Waals surface area contributed by atoms with Gasteiger partial charge >= 0.3 is 0 Å². The number of imidazole rings is 2. The van der Waals surface area contributed by atoms with E-state index in [1.165, 1.54) is 5.56 Å². The van der Waals surface area contributed by atoms with Crippen molar-refractivity contribution in [1.82, 2.24) is 39.7 Å². The zero-order chi connectivity index (χ0) is 21.8. The fraction of sp³-hybridized carbons (Fsp3) is 0.125. The van der Waals surface area contributed by atoms with E-state index in [0.29, 0.717) is 11.5 Å². The Bertz CT molecular complexity index is 1620. The molecule has 2 N–H and O–H groups in total. The predicted molar refractivity (Wildman–Crippen MR) is 124 cm³/mol. The lowest BCUT2D eigenvalue weighted by Gasteiger charge is -2.03. The fourth-order valence-corrected chi connectivity index (χ4v) is 4.00. The highest BCUT2D eigenvalue weighted by Gasteiger charge is 2.18. The fourth-order valence-electron chi connectivity index (χ4n) is 4.00. The minimum Gasteiger partial charge on any atom is -0.336 e. The molecule has 0 aliphatic rings. The normalized spacial score (nSPS) is 11.6. The number of fused-ring (bicyclic) bond motifs is 2. The van der Waals surface area contributed by atoms with E-state index < -0.39 is 0 Å². The second-order valence-corrected chi connectivity index (χ2v) is 7.93. The van der Waals surface area contributed by atoms with Gasteiger partial charge in [0.25, 0.3) is 0 Å². The molecule has 0 aliphatic heterocycles. The molecule has 6 rings (SSSR count). The predicted octanol–water partition coefficient (Wildman–Crippen LogP) is 4.58. The minimum atomic E-state index is 0.652. The first-order valence-corrected chi connectivity index (χ1v) is 10.3. The molecule has 6 aromatic rings. The third-order valence-corrected chi connectivity index (χ3v) is 5.81. The molecule has 0 atom stereocenters. The van der Waals surface area contributed by atoms with Gasteiger partial charge in [0.05, 0.1) is 34.3 Å². The Balaban J connectivity index is 1.52. The summed E-state index contributed by atoms with van der Waals surface area (Å²) in [6.45, 7) is 4.04. The number of rotatable bonds is 3. The number of benzene rings is 1. The van der Waals surface area contributed by atoms with Gasteiger partial charge in [0, 0.05) is 18.8 Å². The van der Waals surface area contributed by atoms with Gasteiger partial charge in [0.15, 0.2) is 11.5 Å². The van der Waals surface area contributed by atoms with E-state index in [4.69, 9.17) is 9.97 Å². The van der Waals surface area contributed by atoms with Crippen molar-refractivity contribution in [1.29, 1.82) is 0 Å². The van der Waals surface area contributed by atoms with Gasteiger partial charge < -0.3 is 9.55 Å². The average Bonchev–Trinajstić information content (AvgIpc) is 3.50. The molecule has 0 saturated heterocycles. The van der Waals surface area contributed by atoms with E-state index >= 15 is 0 Å². The molecule has 8 nitrogen and oxygen atoms in total. The van der Waals surface area contributed by atoms with Crippen LogP contribution < -0.4 is 0 Å². The van der Waals surface area contributed by atoms with Gasteiger partial charge in [-0.05, 0) is 38.1 Å². The molecule has 32 heavy (non-hydrogen) atoms. The van der Waals surface area contributed by atoms with Crippen LogP contribution in [-0.2, 0) is 7.05 Å². The Morgan fingerprint density at radius 1 is 0.875 bits per heavy atom. The Kier molecular flexibility index (Phi) is 3.94. The molecule has 156 valence electrons. The first-order chi connectivity index (χ1) is 15.6. The summed E-state index contributed by atoms with van der Waals surface area (Å²) in [7, 11) is 1.99. The summed E-state index contributed by atoms with van der Waals surface area (Å²) in [5.74, 6) is 1.58. The average molecular weight is 420 g/mol. The van der Waals surface area contributed by atoms with Crippen molar-refractivity contribution in [3.05, 3.63) is 66.2 Å². The molecule has 0 amide bonds. The Morgan fingerprint density at radius 2 is 1.75 bits per heavy atom. The van der Waals surface area contributed by atoms with Gasteiger partial charge in [-0.25, -0.2) is 15.0 Å². The van der Waals surface area contributed by atoms with Crippen LogP contribution in [0.4, 0.5) is 0 Å². The van der Waals surface area contributed by atoms with Crippen LogP contribution >= 0.6 is 0 Å². The number of H-pyrrole nitrogens is 2. The summed E-state index contributed by atoms with van der Waals surface area (Å²) in [6, 6.07) is 14.2. The molecular weight excluding hydrogens is 400 g/mol. The van der Waals surface area contributed by atoms with Crippen LogP contribution in [0.5, 0.6) is 0 Å². The number of aromatic nitrogens is 8. The zero-order valence-electron chi connectivity index (χ0n) is 17.9. The van der Waals surface area contributed by atoms with Crippen LogP contribution in [0.25, 0.3) is 56.2 Å². The molecule has 0 bridgehead atoms. The molecule has 5 heterocycles. The molecule has 1 aromatic carbocycles. The smallest absolute Gasteiger partial charge is 0.161 e. The van der Waals surface area contributed by atoms with Crippen molar-refractivity contribution in [2.24, 2.45) is 7.05 Å². The van der Waals surface area contributed by atoms with Crippen molar-refractivity contribution in [3.8, 4) is 34.2 Å². The lowest BCUT2D eigenvalue weighted by molar-refractivity contribution is 0.862. The standard InChI is InChI=1S/C24H20N8/c1-13-5-4-6-15(11-13)20-21-17(9-10-25-20)28-24(29-21)23-22-18(30-31-23)8-7-16(27-22)19-12-26-14(2)32(19)3/h4-12H,1-3H3,(H,28,29)(H,30,31). The number of hydrogen-bond acceptors (Lipinski definition) is 5. The van der Waals surface area contributed by atoms with Crippen LogP contribution in [-0.4, -0.2) is 39.7 Å². The Labute approximate surface area is 183 Å². The molecular formula is C24H20N8. The third kappa shape index (κ3) is 2.80. The summed E-state index contributed by atoms with van der Waals surface area (Å²) in [5.41, 5.74) is 8.83. The monoisotopic (exact) mass is 420 g/mol. The zero-order valence-corrected chi connectivity index (χ0v) is 17.9. The number of aryl methyl sites for hydroxylation is 2. The van der Waals surface area contributed by atoms with Gasteiger partial charge in [0.2, 0.25) is 0 Å². The van der Waals surface area contributed by atoms with Crippen LogP contribution in [0.3, 0.4) is 0 Å². The van der Waals surface area contributed by atoms with E-state index in [9.17, 15) is 0 Å². The van der Waals surface area contributed by atoms with Crippen LogP contribution in [0.1, 0.15) is 11.4 Å². The minimum absolute atomic E-state index is 0.652. The number of pyridine rings is 2. The van der Waals surface area contributed by atoms with Crippen molar-refractivity contribution < 1.29 is 0 Å². The molecule has 0 fully saturated rings. The SMILES string of the molecule is Cc1cccc(-c2nccc3[nH]c(-c4n[nH]c5ccc(-c6cnc(C)n6C)nc45)nc23)c1. The largest absolute Gasteiger partial charge is 0.336 e. The van der Waals surface area contributed by atoms with E-state index in [-0.39, 0.29) is 0 Å². The summed E-state index contributed by atoms with van der Waals surface area (Å²) >= 11 is 0. The molecule has 0 spiro atoms. The molecule has 8 heteroatoms. The number of nitrogens with one attached hydrogen (secondary N) is 2. The number of hydrogen-bond donors (Lipinski definition) is 2. The maximum Gasteiger partial charge on any atom is 0.161 e. The van der Waals surface area contributed by atoms with Gasteiger partial charge in [-0.2, -0.15) is 5.10 Å². The number of aromatic amines is 2. The van der Waals surface area contributed by atoms with Gasteiger partial charge in [-0.3, -0.25) is 10.1 Å². The van der Waals surface area contributed by atoms with Crippen molar-refractivity contribution in [2.45, 2.75) is 13.8 Å². The lowest BCUT2D eigenvalue weighted by Crippen LogP contribution is -1.96. The summed E-state index contributed by atoms with van der Waals surface area (Å²) in [4.78, 5) is 22.2. The van der Waals surface area contributed by atoms with Crippen LogP contribution in [0.2, 0.25) is 0 Å². The topological polar surface area (TPSA) is 101 Å². The van der Waals surface area contributed by atoms with Crippen molar-refractivity contribution >= 4 is 22.1 Å². The van der Waals surface area contributed by atoms with Gasteiger partial charge in [-0.1, -0.05) is 23.8 Å². The maximum atomic E-state index is 4.89. The molecule has 0 saturated carbocycles. The maximum absolute atomic E-state index is 4.89. The van der Waals surface area contributed by atoms with Crippen LogP contribution in [0.15, 0.2) is 54.9 Å². The van der Waals surface area contributed by atoms with Crippen molar-refractivity contribution in [2.75, 3.05) is 0 Å². The quantitative estimate of drug-likeness (QED) is 0.436. The first-order valence-electron chi connectivity index (χ1n) is 10.3. The Hall–Kier alpha value is -4.33. The van der Waals surface area contributed by atoms with E-state index in [2.05, 4.69) is 50.3 Å². The van der Waals surface area contributed by atoms with E-state index in [0.717, 1.165) is 50.5 Å². The summed E-state index contributed by atoms with van der Waals surface area (Å²) in [5, 5.41) is 7.59. The second kappa shape index (κ2) is 6.84. The van der Waals surface area contributed by atoms with Crippen LogP contribution in [0, 0.1) is 13.8 Å². The molecule has 5 aromatic heterocycles. The lowest BCUT2D eigenvalue weighted by atomic mass is 10.1. The molecule has 0 aliphatic carbocycles. The van der Waals surface area contributed by atoms with E-state index in [1.54, 1.807) is 6.20 Å². The number of nitrogens with zero attached hydrogens (tertiary/aromatic N) is 6. The second-order valence-electron chi connectivity index (χ2n) is 7.93. The van der Waals surface area contributed by atoms with Gasteiger partial charge in [0.1, 0.15) is 16.9 Å². The molecule has 0 unspecified atom stereocenters. The summed E-state index contributed by atoms with van der Waals surface area (Å²) in [6.07, 6.45) is 3.63.